The molecule has 0 aromatic heterocycles. The van der Waals surface area contributed by atoms with Crippen LogP contribution < -0.4 is 10.2 Å². The van der Waals surface area contributed by atoms with Gasteiger partial charge in [0.25, 0.3) is 0 Å². The van der Waals surface area contributed by atoms with Crippen molar-refractivity contribution in [2.45, 2.75) is 53.1 Å². The second-order valence-corrected chi connectivity index (χ2v) is 5.73. The third-order valence-corrected chi connectivity index (χ3v) is 3.73. The van der Waals surface area contributed by atoms with E-state index in [-0.39, 0.29) is 0 Å². The minimum atomic E-state index is 0.631. The van der Waals surface area contributed by atoms with Crippen molar-refractivity contribution in [1.82, 2.24) is 5.32 Å². The van der Waals surface area contributed by atoms with Crippen LogP contribution in [0.2, 0.25) is 0 Å². The molecule has 1 rings (SSSR count). The Kier molecular flexibility index (Phi) is 6.93. The first-order valence-electron chi connectivity index (χ1n) is 7.61. The van der Waals surface area contributed by atoms with Crippen molar-refractivity contribution in [2.75, 3.05) is 18.5 Å². The van der Waals surface area contributed by atoms with Crippen molar-refractivity contribution in [3.63, 3.8) is 0 Å². The van der Waals surface area contributed by atoms with E-state index in [1.807, 2.05) is 0 Å². The molecule has 19 heavy (non-hydrogen) atoms. The lowest BCUT2D eigenvalue weighted by Gasteiger charge is -2.30. The molecule has 0 heterocycles. The highest BCUT2D eigenvalue weighted by molar-refractivity contribution is 5.53. The van der Waals surface area contributed by atoms with Crippen LogP contribution in [0.4, 0.5) is 5.69 Å². The number of nitrogens with zero attached hydrogens (tertiary/aromatic N) is 1. The summed E-state index contributed by atoms with van der Waals surface area (Å²) in [5.74, 6) is 0.698. The van der Waals surface area contributed by atoms with Gasteiger partial charge in [0, 0.05) is 25.3 Å². The predicted octanol–water partition coefficient (Wildman–Crippen LogP) is 4.06. The predicted molar refractivity (Wildman–Crippen MR) is 85.8 cm³/mol. The molecule has 0 unspecified atom stereocenters. The van der Waals surface area contributed by atoms with Gasteiger partial charge in [-0.3, -0.25) is 0 Å². The first kappa shape index (κ1) is 16.0. The van der Waals surface area contributed by atoms with Crippen molar-refractivity contribution in [2.24, 2.45) is 5.92 Å². The Hall–Kier alpha value is -1.02. The summed E-state index contributed by atoms with van der Waals surface area (Å²) < 4.78 is 0. The third-order valence-electron chi connectivity index (χ3n) is 3.73. The molecular formula is C17H30N2. The molecule has 2 heteroatoms. The number of anilines is 1. The van der Waals surface area contributed by atoms with Crippen LogP contribution >= 0.6 is 0 Å². The third kappa shape index (κ3) is 4.87. The molecule has 0 spiro atoms. The summed E-state index contributed by atoms with van der Waals surface area (Å²) in [6, 6.07) is 9.38. The monoisotopic (exact) mass is 262 g/mol. The Morgan fingerprint density at radius 1 is 1.11 bits per heavy atom. The van der Waals surface area contributed by atoms with Gasteiger partial charge in [-0.25, -0.2) is 0 Å². The normalized spacial score (nSPS) is 11.3. The van der Waals surface area contributed by atoms with Gasteiger partial charge in [0.05, 0.1) is 0 Å². The maximum absolute atomic E-state index is 3.54. The topological polar surface area (TPSA) is 15.3 Å². The first-order chi connectivity index (χ1) is 9.10. The van der Waals surface area contributed by atoms with E-state index in [2.05, 4.69) is 69.2 Å². The zero-order valence-electron chi connectivity index (χ0n) is 13.2. The van der Waals surface area contributed by atoms with E-state index in [1.165, 1.54) is 24.1 Å². The number of benzene rings is 1. The first-order valence-corrected chi connectivity index (χ1v) is 7.61. The van der Waals surface area contributed by atoms with Crippen LogP contribution in [0.5, 0.6) is 0 Å². The van der Waals surface area contributed by atoms with Crippen LogP contribution in [0.25, 0.3) is 0 Å². The summed E-state index contributed by atoms with van der Waals surface area (Å²) in [6.07, 6.45) is 2.39. The van der Waals surface area contributed by atoms with Gasteiger partial charge in [0.15, 0.2) is 0 Å². The number of rotatable bonds is 8. The van der Waals surface area contributed by atoms with Gasteiger partial charge in [0.1, 0.15) is 0 Å². The molecule has 2 nitrogen and oxygen atoms in total. The maximum atomic E-state index is 3.54. The average Bonchev–Trinajstić information content (AvgIpc) is 2.40. The molecule has 0 saturated heterocycles. The smallest absolute Gasteiger partial charge is 0.0411 e. The molecule has 0 fully saturated rings. The lowest BCUT2D eigenvalue weighted by molar-refractivity contribution is 0.549. The van der Waals surface area contributed by atoms with Crippen molar-refractivity contribution in [3.05, 3.63) is 29.8 Å². The molecule has 0 aliphatic heterocycles. The molecule has 1 N–H and O–H groups in total. The molecule has 0 radical (unpaired) electrons. The van der Waals surface area contributed by atoms with Crippen LogP contribution in [0.15, 0.2) is 24.3 Å². The fraction of sp³-hybridized carbons (Fsp3) is 0.647. The lowest BCUT2D eigenvalue weighted by atomic mass is 10.1. The van der Waals surface area contributed by atoms with Crippen LogP contribution in [0, 0.1) is 5.92 Å². The largest absolute Gasteiger partial charge is 0.371 e. The molecular weight excluding hydrogens is 232 g/mol. The Bertz CT molecular complexity index is 356. The molecule has 108 valence electrons. The van der Waals surface area contributed by atoms with E-state index in [0.29, 0.717) is 12.0 Å². The quantitative estimate of drug-likeness (QED) is 0.760. The highest BCUT2D eigenvalue weighted by Gasteiger charge is 2.13. The molecule has 0 atom stereocenters. The van der Waals surface area contributed by atoms with Gasteiger partial charge in [-0.2, -0.15) is 0 Å². The highest BCUT2D eigenvalue weighted by atomic mass is 15.1. The van der Waals surface area contributed by atoms with Gasteiger partial charge >= 0.3 is 0 Å². The summed E-state index contributed by atoms with van der Waals surface area (Å²) in [5, 5.41) is 3.54. The average molecular weight is 262 g/mol. The van der Waals surface area contributed by atoms with Gasteiger partial charge in [0.2, 0.25) is 0 Å². The van der Waals surface area contributed by atoms with Crippen LogP contribution in [-0.4, -0.2) is 19.6 Å². The Morgan fingerprint density at radius 2 is 1.74 bits per heavy atom. The van der Waals surface area contributed by atoms with E-state index in [9.17, 15) is 0 Å². The van der Waals surface area contributed by atoms with Crippen molar-refractivity contribution < 1.29 is 0 Å². The lowest BCUT2D eigenvalue weighted by Crippen LogP contribution is -2.31. The van der Waals surface area contributed by atoms with E-state index >= 15 is 0 Å². The van der Waals surface area contributed by atoms with Crippen molar-refractivity contribution in [3.8, 4) is 0 Å². The Morgan fingerprint density at radius 3 is 2.32 bits per heavy atom. The minimum Gasteiger partial charge on any atom is -0.371 e. The summed E-state index contributed by atoms with van der Waals surface area (Å²) in [6.45, 7) is 11.1. The Labute approximate surface area is 119 Å². The van der Waals surface area contributed by atoms with Gasteiger partial charge in [-0.1, -0.05) is 45.9 Å². The number of para-hydroxylation sites is 1. The van der Waals surface area contributed by atoms with E-state index in [1.54, 1.807) is 0 Å². The summed E-state index contributed by atoms with van der Waals surface area (Å²) >= 11 is 0. The van der Waals surface area contributed by atoms with Crippen LogP contribution in [0.3, 0.4) is 0 Å². The molecule has 0 bridgehead atoms. The summed E-state index contributed by atoms with van der Waals surface area (Å²) in [7, 11) is 2.22. The second-order valence-electron chi connectivity index (χ2n) is 5.73. The van der Waals surface area contributed by atoms with E-state index in [4.69, 9.17) is 0 Å². The number of hydrogen-bond donors (Lipinski definition) is 1. The van der Waals surface area contributed by atoms with Crippen LogP contribution in [0.1, 0.15) is 46.1 Å². The van der Waals surface area contributed by atoms with Gasteiger partial charge in [-0.05, 0) is 36.9 Å². The zero-order chi connectivity index (χ0) is 14.3. The van der Waals surface area contributed by atoms with Crippen molar-refractivity contribution >= 4 is 5.69 Å². The Balaban J connectivity index is 2.77. The van der Waals surface area contributed by atoms with Crippen molar-refractivity contribution in [1.29, 1.82) is 0 Å². The molecule has 0 aliphatic rings. The standard InChI is InChI=1S/C17H30N2/c1-6-16(7-2)19(5)17-11-9-8-10-15(17)13-18-12-14(3)4/h8-11,14,16,18H,6-7,12-13H2,1-5H3. The molecule has 1 aromatic carbocycles. The molecule has 0 amide bonds. The van der Waals surface area contributed by atoms with Crippen LogP contribution in [-0.2, 0) is 6.54 Å². The van der Waals surface area contributed by atoms with Gasteiger partial charge in [-0.15, -0.1) is 0 Å². The summed E-state index contributed by atoms with van der Waals surface area (Å²) in [4.78, 5) is 2.44. The summed E-state index contributed by atoms with van der Waals surface area (Å²) in [5.41, 5.74) is 2.77. The van der Waals surface area contributed by atoms with Gasteiger partial charge < -0.3 is 10.2 Å². The fourth-order valence-corrected chi connectivity index (χ4v) is 2.53. The maximum Gasteiger partial charge on any atom is 0.0411 e. The fourth-order valence-electron chi connectivity index (χ4n) is 2.53. The molecule has 1 aromatic rings. The van der Waals surface area contributed by atoms with E-state index < -0.39 is 0 Å². The number of hydrogen-bond acceptors (Lipinski definition) is 2. The molecule has 0 saturated carbocycles. The van der Waals surface area contributed by atoms with E-state index in [0.717, 1.165) is 13.1 Å². The highest BCUT2D eigenvalue weighted by Crippen LogP contribution is 2.23. The zero-order valence-corrected chi connectivity index (χ0v) is 13.2. The minimum absolute atomic E-state index is 0.631. The SMILES string of the molecule is CCC(CC)N(C)c1ccccc1CNCC(C)C. The molecule has 0 aliphatic carbocycles. The number of nitrogens with one attached hydrogen (secondary N) is 1. The second kappa shape index (κ2) is 8.21.